The molecule has 4 aromatic rings. The van der Waals surface area contributed by atoms with Gasteiger partial charge in [-0.3, -0.25) is 4.57 Å². The molecule has 0 amide bonds. The average Bonchev–Trinajstić information content (AvgIpc) is 3.27. The maximum absolute atomic E-state index is 11.5. The molecule has 4 rings (SSSR count). The van der Waals surface area contributed by atoms with Crippen LogP contribution in [0.15, 0.2) is 58.9 Å². The van der Waals surface area contributed by atoms with Gasteiger partial charge in [-0.25, -0.2) is 23.3 Å². The largest absolute Gasteiger partial charge is 0.476 e. The number of rotatable bonds is 5. The summed E-state index contributed by atoms with van der Waals surface area (Å²) in [5.41, 5.74) is 4.01. The highest BCUT2D eigenvalue weighted by Crippen LogP contribution is 2.29. The van der Waals surface area contributed by atoms with Gasteiger partial charge in [-0.05, 0) is 48.7 Å². The minimum absolute atomic E-state index is 0.0131. The van der Waals surface area contributed by atoms with Crippen LogP contribution in [0.2, 0.25) is 0 Å². The molecule has 0 unspecified atom stereocenters. The summed E-state index contributed by atoms with van der Waals surface area (Å²) in [6.45, 7) is 2.01. The van der Waals surface area contributed by atoms with Crippen LogP contribution < -0.4 is 5.14 Å². The highest BCUT2D eigenvalue weighted by molar-refractivity contribution is 7.89. The van der Waals surface area contributed by atoms with Gasteiger partial charge in [0.15, 0.2) is 10.8 Å². The minimum atomic E-state index is -3.73. The van der Waals surface area contributed by atoms with Crippen LogP contribution in [-0.4, -0.2) is 29.0 Å². The van der Waals surface area contributed by atoms with Crippen LogP contribution >= 0.6 is 11.3 Å². The molecule has 148 valence electrons. The summed E-state index contributed by atoms with van der Waals surface area (Å²) in [5, 5.41) is 17.4. The Bertz CT molecular complexity index is 1340. The number of hydrogen-bond acceptors (Lipinski definition) is 5. The molecule has 0 spiro atoms. The maximum atomic E-state index is 11.5. The highest BCUT2D eigenvalue weighted by Gasteiger charge is 2.16. The van der Waals surface area contributed by atoms with Gasteiger partial charge in [0.05, 0.1) is 10.4 Å². The molecule has 2 heterocycles. The van der Waals surface area contributed by atoms with Gasteiger partial charge >= 0.3 is 5.97 Å². The molecule has 0 fully saturated rings. The van der Waals surface area contributed by atoms with Crippen LogP contribution in [0.1, 0.15) is 27.2 Å². The predicted octanol–water partition coefficient (Wildman–Crippen LogP) is 3.33. The summed E-state index contributed by atoms with van der Waals surface area (Å²) < 4.78 is 24.8. The maximum Gasteiger partial charge on any atom is 0.355 e. The van der Waals surface area contributed by atoms with Crippen LogP contribution in [0, 0.1) is 6.92 Å². The summed E-state index contributed by atoms with van der Waals surface area (Å²) in [4.78, 5) is 15.5. The molecule has 0 radical (unpaired) electrons. The fraction of sp³-hybridized carbons (Fsp3) is 0.100. The Balaban J connectivity index is 1.78. The average molecular weight is 428 g/mol. The third kappa shape index (κ3) is 3.80. The lowest BCUT2D eigenvalue weighted by molar-refractivity contribution is 0.0691. The van der Waals surface area contributed by atoms with E-state index in [9.17, 15) is 13.2 Å². The monoisotopic (exact) mass is 427 g/mol. The predicted molar refractivity (Wildman–Crippen MR) is 111 cm³/mol. The SMILES string of the molecule is Cc1ccc2c(c1)c(Cc1ccc(S(N)(=O)=O)cc1)cn2-c1nc(C(=O)O)cs1. The minimum Gasteiger partial charge on any atom is -0.476 e. The van der Waals surface area contributed by atoms with E-state index in [1.807, 2.05) is 29.8 Å². The van der Waals surface area contributed by atoms with Crippen molar-refractivity contribution in [1.82, 2.24) is 9.55 Å². The van der Waals surface area contributed by atoms with Crippen molar-refractivity contribution >= 4 is 38.2 Å². The van der Waals surface area contributed by atoms with Gasteiger partial charge in [-0.1, -0.05) is 23.8 Å². The topological polar surface area (TPSA) is 115 Å². The number of thiazole rings is 1. The quantitative estimate of drug-likeness (QED) is 0.507. The van der Waals surface area contributed by atoms with E-state index in [1.165, 1.54) is 28.8 Å². The van der Waals surface area contributed by atoms with E-state index >= 15 is 0 Å². The summed E-state index contributed by atoms with van der Waals surface area (Å²) in [6.07, 6.45) is 2.52. The van der Waals surface area contributed by atoms with Crippen molar-refractivity contribution in [2.24, 2.45) is 5.14 Å². The molecule has 2 aromatic carbocycles. The third-order valence-corrected chi connectivity index (χ3v) is 6.38. The summed E-state index contributed by atoms with van der Waals surface area (Å²) in [5.74, 6) is -1.06. The number of benzene rings is 2. The van der Waals surface area contributed by atoms with E-state index in [2.05, 4.69) is 11.1 Å². The van der Waals surface area contributed by atoms with Gasteiger partial charge in [0.1, 0.15) is 0 Å². The van der Waals surface area contributed by atoms with Gasteiger partial charge in [0, 0.05) is 17.0 Å². The molecule has 0 saturated carbocycles. The second kappa shape index (κ2) is 7.11. The van der Waals surface area contributed by atoms with Gasteiger partial charge in [0.2, 0.25) is 10.0 Å². The van der Waals surface area contributed by atoms with E-state index in [-0.39, 0.29) is 10.6 Å². The lowest BCUT2D eigenvalue weighted by Gasteiger charge is -2.03. The first-order chi connectivity index (χ1) is 13.7. The molecule has 0 atom stereocenters. The van der Waals surface area contributed by atoms with E-state index in [0.29, 0.717) is 11.6 Å². The number of hydrogen-bond donors (Lipinski definition) is 2. The number of carbonyl (C=O) groups is 1. The number of aryl methyl sites for hydroxylation is 1. The fourth-order valence-corrected chi connectivity index (χ4v) is 4.50. The second-order valence-corrected chi connectivity index (χ2v) is 9.13. The van der Waals surface area contributed by atoms with Crippen molar-refractivity contribution in [1.29, 1.82) is 0 Å². The lowest BCUT2D eigenvalue weighted by atomic mass is 10.0. The molecule has 0 aliphatic rings. The Morgan fingerprint density at radius 2 is 1.93 bits per heavy atom. The van der Waals surface area contributed by atoms with Crippen molar-refractivity contribution in [2.75, 3.05) is 0 Å². The summed E-state index contributed by atoms with van der Waals surface area (Å²) in [7, 11) is -3.73. The Labute approximate surface area is 171 Å². The molecule has 9 heteroatoms. The molecular weight excluding hydrogens is 410 g/mol. The Kier molecular flexibility index (Phi) is 4.73. The van der Waals surface area contributed by atoms with E-state index < -0.39 is 16.0 Å². The zero-order chi connectivity index (χ0) is 20.8. The molecule has 2 aromatic heterocycles. The molecular formula is C20H17N3O4S2. The second-order valence-electron chi connectivity index (χ2n) is 6.73. The number of aromatic nitrogens is 2. The smallest absolute Gasteiger partial charge is 0.355 e. The van der Waals surface area contributed by atoms with Crippen molar-refractivity contribution in [3.63, 3.8) is 0 Å². The molecule has 0 aliphatic heterocycles. The number of aromatic carboxylic acids is 1. The molecule has 0 bridgehead atoms. The number of fused-ring (bicyclic) bond motifs is 1. The highest BCUT2D eigenvalue weighted by atomic mass is 32.2. The van der Waals surface area contributed by atoms with Crippen molar-refractivity contribution in [3.05, 3.63) is 76.4 Å². The fourth-order valence-electron chi connectivity index (χ4n) is 3.20. The molecule has 3 N–H and O–H groups in total. The lowest BCUT2D eigenvalue weighted by Crippen LogP contribution is -2.11. The number of nitrogens with two attached hydrogens (primary N) is 1. The van der Waals surface area contributed by atoms with Gasteiger partial charge in [-0.15, -0.1) is 11.3 Å². The number of carboxylic acids is 1. The molecule has 7 nitrogen and oxygen atoms in total. The Morgan fingerprint density at radius 1 is 1.21 bits per heavy atom. The Hall–Kier alpha value is -3.01. The number of sulfonamides is 1. The zero-order valence-electron chi connectivity index (χ0n) is 15.4. The van der Waals surface area contributed by atoms with Crippen molar-refractivity contribution in [3.8, 4) is 5.13 Å². The zero-order valence-corrected chi connectivity index (χ0v) is 17.0. The van der Waals surface area contributed by atoms with Crippen LogP contribution in [0.25, 0.3) is 16.0 Å². The van der Waals surface area contributed by atoms with Crippen molar-refractivity contribution < 1.29 is 18.3 Å². The summed E-state index contributed by atoms with van der Waals surface area (Å²) >= 11 is 1.26. The van der Waals surface area contributed by atoms with Crippen LogP contribution in [0.4, 0.5) is 0 Å². The number of carboxylic acid groups (broad SMARTS) is 1. The first-order valence-corrected chi connectivity index (χ1v) is 11.1. The molecule has 0 aliphatic carbocycles. The standard InChI is InChI=1S/C20H17N3O4S2/c1-12-2-7-18-16(8-12)14(9-13-3-5-15(6-4-13)29(21,26)27)10-23(18)20-22-17(11-28-20)19(24)25/h2-8,10-11H,9H2,1H3,(H,24,25)(H2,21,26,27). The first kappa shape index (κ1) is 19.3. The number of primary sulfonamides is 1. The first-order valence-electron chi connectivity index (χ1n) is 8.64. The van der Waals surface area contributed by atoms with Gasteiger partial charge in [-0.2, -0.15) is 0 Å². The van der Waals surface area contributed by atoms with E-state index in [1.54, 1.807) is 12.1 Å². The molecule has 29 heavy (non-hydrogen) atoms. The Morgan fingerprint density at radius 3 is 2.55 bits per heavy atom. The number of nitrogens with zero attached hydrogens (tertiary/aromatic N) is 2. The summed E-state index contributed by atoms with van der Waals surface area (Å²) in [6, 6.07) is 12.5. The third-order valence-electron chi connectivity index (χ3n) is 4.61. The van der Waals surface area contributed by atoms with Crippen LogP contribution in [0.5, 0.6) is 0 Å². The van der Waals surface area contributed by atoms with Crippen molar-refractivity contribution in [2.45, 2.75) is 18.2 Å². The van der Waals surface area contributed by atoms with E-state index in [0.717, 1.165) is 27.6 Å². The van der Waals surface area contributed by atoms with Crippen LogP contribution in [0.3, 0.4) is 0 Å². The molecule has 0 saturated heterocycles. The normalized spacial score (nSPS) is 11.8. The van der Waals surface area contributed by atoms with Gasteiger partial charge < -0.3 is 5.11 Å². The van der Waals surface area contributed by atoms with E-state index in [4.69, 9.17) is 10.2 Å². The van der Waals surface area contributed by atoms with Crippen LogP contribution in [-0.2, 0) is 16.4 Å². The van der Waals surface area contributed by atoms with Gasteiger partial charge in [0.25, 0.3) is 0 Å².